The van der Waals surface area contributed by atoms with E-state index in [0.717, 1.165) is 55.3 Å². The number of benzene rings is 2. The van der Waals surface area contributed by atoms with Gasteiger partial charge in [-0.05, 0) is 37.5 Å². The van der Waals surface area contributed by atoms with Crippen molar-refractivity contribution >= 4 is 17.5 Å². The van der Waals surface area contributed by atoms with E-state index in [9.17, 15) is 9.59 Å². The summed E-state index contributed by atoms with van der Waals surface area (Å²) in [5, 5.41) is 7.34. The summed E-state index contributed by atoms with van der Waals surface area (Å²) >= 11 is 0. The van der Waals surface area contributed by atoms with Gasteiger partial charge in [0.2, 0.25) is 17.7 Å². The SMILES string of the molecule is CC(=O)NC1(c2noc(CCC(=O)N(Cc3ccccc3)c3ccc(C)cc3)n2)CCCCCC1. The topological polar surface area (TPSA) is 88.3 Å². The van der Waals surface area contributed by atoms with Gasteiger partial charge >= 0.3 is 0 Å². The minimum Gasteiger partial charge on any atom is -0.343 e. The number of aryl methyl sites for hydroxylation is 2. The fraction of sp³-hybridized carbons (Fsp3) is 0.429. The molecule has 7 heteroatoms. The molecule has 184 valence electrons. The number of aromatic nitrogens is 2. The molecule has 1 fully saturated rings. The van der Waals surface area contributed by atoms with Crippen molar-refractivity contribution in [3.8, 4) is 0 Å². The molecule has 3 aromatic rings. The number of hydrogen-bond acceptors (Lipinski definition) is 5. The first-order valence-corrected chi connectivity index (χ1v) is 12.5. The average molecular weight is 475 g/mol. The van der Waals surface area contributed by atoms with Gasteiger partial charge < -0.3 is 14.7 Å². The Bertz CT molecular complexity index is 1120. The van der Waals surface area contributed by atoms with Gasteiger partial charge in [-0.1, -0.05) is 78.9 Å². The van der Waals surface area contributed by atoms with Crippen LogP contribution in [0.1, 0.15) is 74.7 Å². The third kappa shape index (κ3) is 6.35. The number of hydrogen-bond donors (Lipinski definition) is 1. The Balaban J connectivity index is 1.48. The maximum Gasteiger partial charge on any atom is 0.227 e. The van der Waals surface area contributed by atoms with Crippen LogP contribution in [0, 0.1) is 6.92 Å². The van der Waals surface area contributed by atoms with Gasteiger partial charge in [-0.25, -0.2) is 0 Å². The van der Waals surface area contributed by atoms with Gasteiger partial charge in [0.1, 0.15) is 5.54 Å². The van der Waals surface area contributed by atoms with Crippen LogP contribution < -0.4 is 10.2 Å². The van der Waals surface area contributed by atoms with E-state index in [1.807, 2.05) is 61.5 Å². The van der Waals surface area contributed by atoms with Crippen molar-refractivity contribution in [1.29, 1.82) is 0 Å². The lowest BCUT2D eigenvalue weighted by Crippen LogP contribution is -2.45. The van der Waals surface area contributed by atoms with Crippen LogP contribution in [0.25, 0.3) is 0 Å². The van der Waals surface area contributed by atoms with Crippen LogP contribution in [0.3, 0.4) is 0 Å². The molecule has 1 heterocycles. The summed E-state index contributed by atoms with van der Waals surface area (Å²) in [6.07, 6.45) is 6.47. The Hall–Kier alpha value is -3.48. The van der Waals surface area contributed by atoms with Gasteiger partial charge in [0.15, 0.2) is 5.82 Å². The van der Waals surface area contributed by atoms with Crippen molar-refractivity contribution in [2.75, 3.05) is 4.90 Å². The zero-order chi connectivity index (χ0) is 24.7. The predicted octanol–water partition coefficient (Wildman–Crippen LogP) is 5.23. The number of nitrogens with zero attached hydrogens (tertiary/aromatic N) is 3. The van der Waals surface area contributed by atoms with Crippen molar-refractivity contribution in [3.05, 3.63) is 77.4 Å². The van der Waals surface area contributed by atoms with Crippen LogP contribution in [-0.4, -0.2) is 22.0 Å². The maximum atomic E-state index is 13.3. The second kappa shape index (κ2) is 11.3. The molecule has 0 radical (unpaired) electrons. The molecule has 0 aliphatic heterocycles. The summed E-state index contributed by atoms with van der Waals surface area (Å²) in [6, 6.07) is 17.9. The molecule has 2 aromatic carbocycles. The molecule has 1 saturated carbocycles. The number of anilines is 1. The molecule has 1 aliphatic rings. The average Bonchev–Trinajstić information content (AvgIpc) is 3.22. The van der Waals surface area contributed by atoms with E-state index < -0.39 is 5.54 Å². The number of nitrogens with one attached hydrogen (secondary N) is 1. The van der Waals surface area contributed by atoms with Gasteiger partial charge in [-0.2, -0.15) is 4.98 Å². The van der Waals surface area contributed by atoms with Crippen LogP contribution in [0.15, 0.2) is 59.1 Å². The quantitative estimate of drug-likeness (QED) is 0.452. The molecule has 2 amide bonds. The third-order valence-corrected chi connectivity index (χ3v) is 6.65. The van der Waals surface area contributed by atoms with Crippen LogP contribution >= 0.6 is 0 Å². The molecule has 1 aliphatic carbocycles. The summed E-state index contributed by atoms with van der Waals surface area (Å²) in [4.78, 5) is 31.7. The van der Waals surface area contributed by atoms with E-state index >= 15 is 0 Å². The summed E-state index contributed by atoms with van der Waals surface area (Å²) < 4.78 is 5.55. The maximum absolute atomic E-state index is 13.3. The van der Waals surface area contributed by atoms with Gasteiger partial charge in [0, 0.05) is 25.5 Å². The Labute approximate surface area is 206 Å². The molecule has 35 heavy (non-hydrogen) atoms. The fourth-order valence-electron chi connectivity index (χ4n) is 4.79. The van der Waals surface area contributed by atoms with Crippen molar-refractivity contribution in [1.82, 2.24) is 15.5 Å². The highest BCUT2D eigenvalue weighted by Crippen LogP contribution is 2.34. The monoisotopic (exact) mass is 474 g/mol. The molecule has 1 N–H and O–H groups in total. The Morgan fingerprint density at radius 1 is 1.00 bits per heavy atom. The molecular formula is C28H34N4O3. The molecule has 7 nitrogen and oxygen atoms in total. The molecule has 1 aromatic heterocycles. The number of rotatable bonds is 8. The summed E-state index contributed by atoms with van der Waals surface area (Å²) in [5.41, 5.74) is 2.48. The zero-order valence-electron chi connectivity index (χ0n) is 20.6. The first-order chi connectivity index (χ1) is 16.9. The van der Waals surface area contributed by atoms with Crippen molar-refractivity contribution in [2.45, 2.75) is 77.3 Å². The van der Waals surface area contributed by atoms with Gasteiger partial charge in [-0.3, -0.25) is 9.59 Å². The Kier molecular flexibility index (Phi) is 7.95. The molecule has 0 bridgehead atoms. The minimum absolute atomic E-state index is 0.0107. The number of carbonyl (C=O) groups excluding carboxylic acids is 2. The highest BCUT2D eigenvalue weighted by Gasteiger charge is 2.38. The highest BCUT2D eigenvalue weighted by molar-refractivity contribution is 5.93. The first-order valence-electron chi connectivity index (χ1n) is 12.5. The lowest BCUT2D eigenvalue weighted by atomic mass is 9.89. The molecule has 4 rings (SSSR count). The van der Waals surface area contributed by atoms with Crippen LogP contribution in [-0.2, 0) is 28.1 Å². The van der Waals surface area contributed by atoms with Gasteiger partial charge in [0.25, 0.3) is 0 Å². The van der Waals surface area contributed by atoms with E-state index in [2.05, 4.69) is 15.5 Å². The normalized spacial score (nSPS) is 15.3. The molecular weight excluding hydrogens is 440 g/mol. The first kappa shape index (κ1) is 24.6. The molecule has 0 spiro atoms. The second-order valence-electron chi connectivity index (χ2n) is 9.49. The van der Waals surface area contributed by atoms with Crippen LogP contribution in [0.5, 0.6) is 0 Å². The molecule has 0 unspecified atom stereocenters. The second-order valence-corrected chi connectivity index (χ2v) is 9.49. The number of amides is 2. The van der Waals surface area contributed by atoms with Crippen molar-refractivity contribution in [2.24, 2.45) is 0 Å². The van der Waals surface area contributed by atoms with Crippen molar-refractivity contribution in [3.63, 3.8) is 0 Å². The van der Waals surface area contributed by atoms with E-state index in [0.29, 0.717) is 24.7 Å². The van der Waals surface area contributed by atoms with E-state index in [4.69, 9.17) is 4.52 Å². The summed E-state index contributed by atoms with van der Waals surface area (Å²) in [5.74, 6) is 0.842. The largest absolute Gasteiger partial charge is 0.343 e. The Morgan fingerprint density at radius 2 is 1.69 bits per heavy atom. The van der Waals surface area contributed by atoms with E-state index in [1.165, 1.54) is 6.92 Å². The Morgan fingerprint density at radius 3 is 2.34 bits per heavy atom. The lowest BCUT2D eigenvalue weighted by molar-refractivity contribution is -0.121. The van der Waals surface area contributed by atoms with Crippen molar-refractivity contribution < 1.29 is 14.1 Å². The van der Waals surface area contributed by atoms with E-state index in [-0.39, 0.29) is 18.2 Å². The summed E-state index contributed by atoms with van der Waals surface area (Å²) in [6.45, 7) is 4.05. The minimum atomic E-state index is -0.588. The van der Waals surface area contributed by atoms with E-state index in [1.54, 1.807) is 4.90 Å². The predicted molar refractivity (Wildman–Crippen MR) is 135 cm³/mol. The lowest BCUT2D eigenvalue weighted by Gasteiger charge is -2.30. The van der Waals surface area contributed by atoms with Gasteiger partial charge in [-0.15, -0.1) is 0 Å². The smallest absolute Gasteiger partial charge is 0.227 e. The standard InChI is InChI=1S/C28H34N4O3/c1-21-12-14-24(15-13-21)32(20-23-10-6-5-7-11-23)26(34)17-16-25-29-27(31-35-25)28(30-22(2)33)18-8-3-4-9-19-28/h5-7,10-15H,3-4,8-9,16-20H2,1-2H3,(H,30,33). The summed E-state index contributed by atoms with van der Waals surface area (Å²) in [7, 11) is 0. The zero-order valence-corrected chi connectivity index (χ0v) is 20.6. The van der Waals surface area contributed by atoms with Crippen LogP contribution in [0.4, 0.5) is 5.69 Å². The molecule has 0 atom stereocenters. The number of carbonyl (C=O) groups is 2. The fourth-order valence-corrected chi connectivity index (χ4v) is 4.79. The molecule has 0 saturated heterocycles. The van der Waals surface area contributed by atoms with Gasteiger partial charge in [0.05, 0.1) is 6.54 Å². The highest BCUT2D eigenvalue weighted by atomic mass is 16.5. The van der Waals surface area contributed by atoms with Crippen LogP contribution in [0.2, 0.25) is 0 Å². The third-order valence-electron chi connectivity index (χ3n) is 6.65.